The highest BCUT2D eigenvalue weighted by Gasteiger charge is 2.32. The van der Waals surface area contributed by atoms with Crippen LogP contribution in [0.5, 0.6) is 0 Å². The Morgan fingerprint density at radius 1 is 1.08 bits per heavy atom. The largest absolute Gasteiger partial charge is 0.407 e. The molecule has 1 N–H and O–H groups in total. The number of piperidine rings is 1. The summed E-state index contributed by atoms with van der Waals surface area (Å²) in [5.74, 6) is 0.750. The van der Waals surface area contributed by atoms with E-state index in [1.807, 2.05) is 37.8 Å². The average Bonchev–Trinajstić information content (AvgIpc) is 3.12. The number of hydrogen-bond donors (Lipinski definition) is 1. The average molecular weight is 351 g/mol. The number of benzene rings is 2. The van der Waals surface area contributed by atoms with Crippen molar-refractivity contribution < 1.29 is 9.52 Å². The van der Waals surface area contributed by atoms with Crippen LogP contribution in [0.4, 0.5) is 6.01 Å². The molecule has 1 aliphatic rings. The number of nitrogens with zero attached hydrogens (tertiary/aromatic N) is 3. The lowest BCUT2D eigenvalue weighted by Crippen LogP contribution is -2.43. The van der Waals surface area contributed by atoms with Gasteiger partial charge in [0.15, 0.2) is 0 Å². The van der Waals surface area contributed by atoms with Crippen LogP contribution in [0.3, 0.4) is 0 Å². The number of anilines is 1. The van der Waals surface area contributed by atoms with Crippen molar-refractivity contribution >= 4 is 16.8 Å². The van der Waals surface area contributed by atoms with E-state index in [0.717, 1.165) is 13.0 Å². The summed E-state index contributed by atoms with van der Waals surface area (Å²) >= 11 is 0. The van der Waals surface area contributed by atoms with Crippen LogP contribution < -0.4 is 4.90 Å². The Morgan fingerprint density at radius 3 is 2.54 bits per heavy atom. The molecule has 0 amide bonds. The van der Waals surface area contributed by atoms with Crippen molar-refractivity contribution in [3.63, 3.8) is 0 Å². The fourth-order valence-electron chi connectivity index (χ4n) is 3.58. The van der Waals surface area contributed by atoms with Crippen molar-refractivity contribution in [2.45, 2.75) is 44.6 Å². The second-order valence-electron chi connectivity index (χ2n) is 8.15. The van der Waals surface area contributed by atoms with E-state index in [4.69, 9.17) is 4.42 Å². The minimum absolute atomic E-state index is 0.126. The van der Waals surface area contributed by atoms with Gasteiger partial charge in [0.25, 0.3) is 0 Å². The molecule has 3 aromatic rings. The Morgan fingerprint density at radius 2 is 1.85 bits per heavy atom. The molecular weight excluding hydrogens is 326 g/mol. The van der Waals surface area contributed by atoms with Crippen molar-refractivity contribution in [3.8, 4) is 0 Å². The van der Waals surface area contributed by atoms with E-state index in [0.29, 0.717) is 18.5 Å². The van der Waals surface area contributed by atoms with E-state index in [1.165, 1.54) is 16.3 Å². The number of fused-ring (bicyclic) bond motifs is 1. The van der Waals surface area contributed by atoms with E-state index in [1.54, 1.807) is 0 Å². The molecule has 1 fully saturated rings. The zero-order chi connectivity index (χ0) is 18.3. The van der Waals surface area contributed by atoms with Crippen LogP contribution in [0.1, 0.15) is 44.6 Å². The number of aromatic nitrogens is 2. The fourth-order valence-corrected chi connectivity index (χ4v) is 3.58. The minimum atomic E-state index is -0.463. The van der Waals surface area contributed by atoms with Crippen molar-refractivity contribution in [1.82, 2.24) is 10.2 Å². The molecule has 5 heteroatoms. The zero-order valence-corrected chi connectivity index (χ0v) is 15.5. The standard InChI is InChI=1S/C21H25N3O2/c1-21(2,3)19-22-23-20(26-19)24-11-10-17(18(25)13-24)16-9-8-14-6-4-5-7-15(14)12-16/h4-9,12,17-18,25H,10-11,13H2,1-3H3/t17-,18+/m0/s1. The topological polar surface area (TPSA) is 62.4 Å². The zero-order valence-electron chi connectivity index (χ0n) is 15.5. The predicted octanol–water partition coefficient (Wildman–Crippen LogP) is 3.88. The van der Waals surface area contributed by atoms with Gasteiger partial charge in [-0.15, -0.1) is 5.10 Å². The summed E-state index contributed by atoms with van der Waals surface area (Å²) < 4.78 is 5.83. The van der Waals surface area contributed by atoms with E-state index >= 15 is 0 Å². The number of hydrogen-bond acceptors (Lipinski definition) is 5. The van der Waals surface area contributed by atoms with Gasteiger partial charge in [-0.3, -0.25) is 0 Å². The van der Waals surface area contributed by atoms with Gasteiger partial charge in [0.1, 0.15) is 0 Å². The molecule has 1 saturated heterocycles. The van der Waals surface area contributed by atoms with Gasteiger partial charge in [0, 0.05) is 24.4 Å². The maximum atomic E-state index is 10.8. The van der Waals surface area contributed by atoms with Crippen LogP contribution in [-0.4, -0.2) is 34.5 Å². The molecule has 136 valence electrons. The summed E-state index contributed by atoms with van der Waals surface area (Å²) in [6.07, 6.45) is 0.391. The summed E-state index contributed by atoms with van der Waals surface area (Å²) in [6, 6.07) is 15.3. The maximum absolute atomic E-state index is 10.8. The molecule has 0 aliphatic carbocycles. The summed E-state index contributed by atoms with van der Waals surface area (Å²) in [5.41, 5.74) is 1.02. The van der Waals surface area contributed by atoms with Gasteiger partial charge in [0.05, 0.1) is 6.10 Å². The normalized spacial score (nSPS) is 21.3. The smallest absolute Gasteiger partial charge is 0.318 e. The van der Waals surface area contributed by atoms with Gasteiger partial charge < -0.3 is 14.4 Å². The van der Waals surface area contributed by atoms with Gasteiger partial charge in [-0.2, -0.15) is 0 Å². The molecule has 1 aromatic heterocycles. The van der Waals surface area contributed by atoms with Crippen LogP contribution in [0.2, 0.25) is 0 Å². The molecule has 0 bridgehead atoms. The van der Waals surface area contributed by atoms with Crippen molar-refractivity contribution in [2.24, 2.45) is 0 Å². The highest BCUT2D eigenvalue weighted by atomic mass is 16.4. The predicted molar refractivity (Wildman–Crippen MR) is 103 cm³/mol. The fraction of sp³-hybridized carbons (Fsp3) is 0.429. The quantitative estimate of drug-likeness (QED) is 0.759. The lowest BCUT2D eigenvalue weighted by Gasteiger charge is -2.35. The summed E-state index contributed by atoms with van der Waals surface area (Å²) in [7, 11) is 0. The Hall–Kier alpha value is -2.40. The first-order chi connectivity index (χ1) is 12.4. The summed E-state index contributed by atoms with van der Waals surface area (Å²) in [6.45, 7) is 7.44. The van der Waals surface area contributed by atoms with Crippen LogP contribution in [0, 0.1) is 0 Å². The maximum Gasteiger partial charge on any atom is 0.318 e. The Bertz CT molecular complexity index is 913. The van der Waals surface area contributed by atoms with Gasteiger partial charge >= 0.3 is 6.01 Å². The number of rotatable bonds is 2. The van der Waals surface area contributed by atoms with Crippen LogP contribution in [0.15, 0.2) is 46.9 Å². The van der Waals surface area contributed by atoms with E-state index in [9.17, 15) is 5.11 Å². The lowest BCUT2D eigenvalue weighted by molar-refractivity contribution is 0.127. The molecule has 5 nitrogen and oxygen atoms in total. The minimum Gasteiger partial charge on any atom is -0.407 e. The first-order valence-electron chi connectivity index (χ1n) is 9.17. The molecule has 2 atom stereocenters. The van der Waals surface area contributed by atoms with Crippen molar-refractivity contribution in [2.75, 3.05) is 18.0 Å². The summed E-state index contributed by atoms with van der Waals surface area (Å²) in [5, 5.41) is 21.5. The first kappa shape index (κ1) is 17.0. The second kappa shape index (κ2) is 6.40. The number of aliphatic hydroxyl groups excluding tert-OH is 1. The Balaban J connectivity index is 1.51. The highest BCUT2D eigenvalue weighted by molar-refractivity contribution is 5.83. The van der Waals surface area contributed by atoms with Gasteiger partial charge in [0.2, 0.25) is 5.89 Å². The van der Waals surface area contributed by atoms with Gasteiger partial charge in [-0.25, -0.2) is 0 Å². The molecule has 4 rings (SSSR count). The van der Waals surface area contributed by atoms with Gasteiger partial charge in [-0.05, 0) is 22.8 Å². The third-order valence-electron chi connectivity index (χ3n) is 5.11. The molecule has 1 aliphatic heterocycles. The molecular formula is C21H25N3O2. The number of β-amino-alcohol motifs (C(OH)–C–C–N with tert-alkyl or cyclic N) is 1. The second-order valence-corrected chi connectivity index (χ2v) is 8.15. The molecule has 2 aromatic carbocycles. The summed E-state index contributed by atoms with van der Waals surface area (Å²) in [4.78, 5) is 1.99. The molecule has 2 heterocycles. The Labute approximate surface area is 153 Å². The van der Waals surface area contributed by atoms with E-state index < -0.39 is 6.10 Å². The molecule has 0 unspecified atom stereocenters. The van der Waals surface area contributed by atoms with E-state index in [-0.39, 0.29) is 11.3 Å². The molecule has 0 saturated carbocycles. The SMILES string of the molecule is CC(C)(C)c1nnc(N2CC[C@@H](c3ccc4ccccc4c3)[C@H](O)C2)o1. The third kappa shape index (κ3) is 3.19. The Kier molecular flexibility index (Phi) is 4.19. The molecule has 0 spiro atoms. The van der Waals surface area contributed by atoms with Crippen molar-refractivity contribution in [3.05, 3.63) is 53.9 Å². The van der Waals surface area contributed by atoms with E-state index in [2.05, 4.69) is 40.5 Å². The van der Waals surface area contributed by atoms with Crippen LogP contribution in [0.25, 0.3) is 10.8 Å². The third-order valence-corrected chi connectivity index (χ3v) is 5.11. The van der Waals surface area contributed by atoms with Crippen LogP contribution in [-0.2, 0) is 5.41 Å². The van der Waals surface area contributed by atoms with Gasteiger partial charge in [-0.1, -0.05) is 68.3 Å². The molecule has 0 radical (unpaired) electrons. The number of aliphatic hydroxyl groups is 1. The highest BCUT2D eigenvalue weighted by Crippen LogP contribution is 2.33. The first-order valence-corrected chi connectivity index (χ1v) is 9.17. The van der Waals surface area contributed by atoms with Crippen molar-refractivity contribution in [1.29, 1.82) is 0 Å². The van der Waals surface area contributed by atoms with Crippen LogP contribution >= 0.6 is 0 Å². The monoisotopic (exact) mass is 351 g/mol. The lowest BCUT2D eigenvalue weighted by atomic mass is 9.86. The molecule has 26 heavy (non-hydrogen) atoms.